The Balaban J connectivity index is 1.89. The SMILES string of the molecule is COc1ccccc1S(=O)(=O)Nc1nc(-c2cccs2)cs1. The second-order valence-corrected chi connectivity index (χ2v) is 7.73. The highest BCUT2D eigenvalue weighted by molar-refractivity contribution is 7.93. The summed E-state index contributed by atoms with van der Waals surface area (Å²) in [5, 5.41) is 4.11. The van der Waals surface area contributed by atoms with Gasteiger partial charge >= 0.3 is 0 Å². The quantitative estimate of drug-likeness (QED) is 0.760. The number of sulfonamides is 1. The van der Waals surface area contributed by atoms with E-state index in [0.717, 1.165) is 10.6 Å². The lowest BCUT2D eigenvalue weighted by atomic mass is 10.3. The molecule has 2 heterocycles. The fraction of sp³-hybridized carbons (Fsp3) is 0.0714. The maximum absolute atomic E-state index is 12.5. The van der Waals surface area contributed by atoms with Gasteiger partial charge in [-0.25, -0.2) is 13.4 Å². The van der Waals surface area contributed by atoms with Crippen molar-refractivity contribution in [3.63, 3.8) is 0 Å². The van der Waals surface area contributed by atoms with E-state index in [4.69, 9.17) is 4.74 Å². The molecular formula is C14H12N2O3S3. The first-order chi connectivity index (χ1) is 10.6. The van der Waals surface area contributed by atoms with Gasteiger partial charge in [0.1, 0.15) is 10.6 Å². The van der Waals surface area contributed by atoms with Crippen molar-refractivity contribution in [3.8, 4) is 16.3 Å². The Hall–Kier alpha value is -1.90. The first kappa shape index (κ1) is 15.0. The van der Waals surface area contributed by atoms with Gasteiger partial charge in [0.25, 0.3) is 10.0 Å². The summed E-state index contributed by atoms with van der Waals surface area (Å²) in [6.07, 6.45) is 0. The molecule has 114 valence electrons. The van der Waals surface area contributed by atoms with Gasteiger partial charge in [-0.3, -0.25) is 4.72 Å². The molecule has 22 heavy (non-hydrogen) atoms. The molecule has 0 saturated carbocycles. The van der Waals surface area contributed by atoms with Crippen LogP contribution in [-0.2, 0) is 10.0 Å². The summed E-state index contributed by atoms with van der Waals surface area (Å²) in [4.78, 5) is 5.40. The molecule has 8 heteroatoms. The molecule has 0 spiro atoms. The van der Waals surface area contributed by atoms with Crippen LogP contribution in [0.25, 0.3) is 10.6 Å². The van der Waals surface area contributed by atoms with E-state index >= 15 is 0 Å². The number of thiophene rings is 1. The predicted octanol–water partition coefficient (Wildman–Crippen LogP) is 3.68. The zero-order valence-electron chi connectivity index (χ0n) is 11.5. The van der Waals surface area contributed by atoms with Gasteiger partial charge in [-0.2, -0.15) is 0 Å². The first-order valence-corrected chi connectivity index (χ1v) is 9.49. The molecule has 0 bridgehead atoms. The number of hydrogen-bond donors (Lipinski definition) is 1. The highest BCUT2D eigenvalue weighted by atomic mass is 32.2. The number of nitrogens with one attached hydrogen (secondary N) is 1. The third kappa shape index (κ3) is 2.99. The maximum Gasteiger partial charge on any atom is 0.267 e. The lowest BCUT2D eigenvalue weighted by Crippen LogP contribution is -2.13. The molecule has 0 amide bonds. The van der Waals surface area contributed by atoms with Crippen molar-refractivity contribution < 1.29 is 13.2 Å². The molecule has 0 radical (unpaired) electrons. The van der Waals surface area contributed by atoms with Crippen LogP contribution in [0.15, 0.2) is 52.1 Å². The van der Waals surface area contributed by atoms with E-state index in [1.54, 1.807) is 29.5 Å². The van der Waals surface area contributed by atoms with Crippen molar-refractivity contribution in [1.29, 1.82) is 0 Å². The topological polar surface area (TPSA) is 68.3 Å². The van der Waals surface area contributed by atoms with Crippen LogP contribution in [0.5, 0.6) is 5.75 Å². The van der Waals surface area contributed by atoms with Crippen LogP contribution in [0.2, 0.25) is 0 Å². The summed E-state index contributed by atoms with van der Waals surface area (Å²) >= 11 is 2.80. The van der Waals surface area contributed by atoms with Crippen LogP contribution in [0.3, 0.4) is 0 Å². The standard InChI is InChI=1S/C14H12N2O3S3/c1-19-11-5-2-3-7-13(11)22(17,18)16-14-15-10(9-21-14)12-6-4-8-20-12/h2-9H,1H3,(H,15,16). The number of rotatable bonds is 5. The van der Waals surface area contributed by atoms with Gasteiger partial charge < -0.3 is 4.74 Å². The predicted molar refractivity (Wildman–Crippen MR) is 89.2 cm³/mol. The minimum atomic E-state index is -3.74. The lowest BCUT2D eigenvalue weighted by Gasteiger charge is -2.09. The van der Waals surface area contributed by atoms with E-state index in [1.807, 2.05) is 22.9 Å². The van der Waals surface area contributed by atoms with Crippen LogP contribution in [0, 0.1) is 0 Å². The van der Waals surface area contributed by atoms with Gasteiger partial charge in [0.2, 0.25) is 0 Å². The largest absolute Gasteiger partial charge is 0.495 e. The normalized spacial score (nSPS) is 11.3. The molecule has 3 rings (SSSR count). The molecule has 2 aromatic heterocycles. The van der Waals surface area contributed by atoms with Crippen molar-refractivity contribution in [2.24, 2.45) is 0 Å². The summed E-state index contributed by atoms with van der Waals surface area (Å²) in [6.45, 7) is 0. The highest BCUT2D eigenvalue weighted by Gasteiger charge is 2.20. The Labute approximate surface area is 136 Å². The van der Waals surface area contributed by atoms with E-state index < -0.39 is 10.0 Å². The zero-order valence-corrected chi connectivity index (χ0v) is 14.0. The van der Waals surface area contributed by atoms with Crippen LogP contribution in [0.4, 0.5) is 5.13 Å². The molecule has 0 aliphatic rings. The average molecular weight is 352 g/mol. The average Bonchev–Trinajstić information content (AvgIpc) is 3.17. The number of nitrogens with zero attached hydrogens (tertiary/aromatic N) is 1. The van der Waals surface area contributed by atoms with Crippen molar-refractivity contribution in [2.45, 2.75) is 4.90 Å². The molecule has 0 saturated heterocycles. The molecule has 3 aromatic rings. The Morgan fingerprint density at radius 3 is 2.68 bits per heavy atom. The number of thiazole rings is 1. The van der Waals surface area contributed by atoms with Crippen LogP contribution in [0.1, 0.15) is 0 Å². The highest BCUT2D eigenvalue weighted by Crippen LogP contribution is 2.30. The maximum atomic E-state index is 12.5. The van der Waals surface area contributed by atoms with Gasteiger partial charge in [0.05, 0.1) is 17.7 Å². The zero-order chi connectivity index (χ0) is 15.6. The molecule has 0 unspecified atom stereocenters. The number of aromatic nitrogens is 1. The third-order valence-electron chi connectivity index (χ3n) is 2.86. The van der Waals surface area contributed by atoms with Gasteiger partial charge in [-0.05, 0) is 23.6 Å². The summed E-state index contributed by atoms with van der Waals surface area (Å²) in [5.41, 5.74) is 0.762. The van der Waals surface area contributed by atoms with Crippen molar-refractivity contribution in [1.82, 2.24) is 4.98 Å². The summed E-state index contributed by atoms with van der Waals surface area (Å²) in [6, 6.07) is 10.3. The minimum absolute atomic E-state index is 0.0883. The second kappa shape index (κ2) is 6.07. The van der Waals surface area contributed by atoms with E-state index in [-0.39, 0.29) is 4.90 Å². The van der Waals surface area contributed by atoms with E-state index in [0.29, 0.717) is 10.9 Å². The Morgan fingerprint density at radius 1 is 1.14 bits per heavy atom. The lowest BCUT2D eigenvalue weighted by molar-refractivity contribution is 0.403. The van der Waals surface area contributed by atoms with Crippen molar-refractivity contribution in [2.75, 3.05) is 11.8 Å². The molecule has 5 nitrogen and oxygen atoms in total. The number of ether oxygens (including phenoxy) is 1. The fourth-order valence-corrected chi connectivity index (χ4v) is 4.76. The number of benzene rings is 1. The number of para-hydroxylation sites is 1. The Morgan fingerprint density at radius 2 is 1.95 bits per heavy atom. The molecule has 0 atom stereocenters. The smallest absolute Gasteiger partial charge is 0.267 e. The fourth-order valence-electron chi connectivity index (χ4n) is 1.87. The first-order valence-electron chi connectivity index (χ1n) is 6.25. The van der Waals surface area contributed by atoms with E-state index in [1.165, 1.54) is 24.5 Å². The molecule has 0 fully saturated rings. The van der Waals surface area contributed by atoms with Gasteiger partial charge in [-0.15, -0.1) is 22.7 Å². The van der Waals surface area contributed by atoms with Gasteiger partial charge in [0, 0.05) is 5.38 Å². The van der Waals surface area contributed by atoms with Gasteiger partial charge in [0.15, 0.2) is 5.13 Å². The van der Waals surface area contributed by atoms with Gasteiger partial charge in [-0.1, -0.05) is 18.2 Å². The van der Waals surface area contributed by atoms with Crippen molar-refractivity contribution in [3.05, 3.63) is 47.2 Å². The summed E-state index contributed by atoms with van der Waals surface area (Å²) < 4.78 is 32.5. The van der Waals surface area contributed by atoms with Crippen LogP contribution in [-0.4, -0.2) is 20.5 Å². The van der Waals surface area contributed by atoms with Crippen LogP contribution >= 0.6 is 22.7 Å². The number of anilines is 1. The second-order valence-electron chi connectivity index (χ2n) is 4.27. The minimum Gasteiger partial charge on any atom is -0.495 e. The van der Waals surface area contributed by atoms with E-state index in [2.05, 4.69) is 9.71 Å². The van der Waals surface area contributed by atoms with Crippen molar-refractivity contribution >= 4 is 37.8 Å². The molecule has 0 aliphatic carbocycles. The number of methoxy groups -OCH3 is 1. The molecule has 0 aliphatic heterocycles. The van der Waals surface area contributed by atoms with Crippen LogP contribution < -0.4 is 9.46 Å². The summed E-state index contributed by atoms with van der Waals surface area (Å²) in [7, 11) is -2.30. The Bertz CT molecular complexity index is 870. The molecular weight excluding hydrogens is 340 g/mol. The molecule has 1 aromatic carbocycles. The number of hydrogen-bond acceptors (Lipinski definition) is 6. The van der Waals surface area contributed by atoms with E-state index in [9.17, 15) is 8.42 Å². The Kier molecular flexibility index (Phi) is 4.14. The molecule has 1 N–H and O–H groups in total. The summed E-state index contributed by atoms with van der Waals surface area (Å²) in [5.74, 6) is 0.296. The third-order valence-corrected chi connectivity index (χ3v) is 6.02. The monoisotopic (exact) mass is 352 g/mol.